The van der Waals surface area contributed by atoms with Crippen LogP contribution in [0.1, 0.15) is 12.5 Å². The van der Waals surface area contributed by atoms with Crippen molar-refractivity contribution in [2.75, 3.05) is 20.3 Å². The second-order valence-corrected chi connectivity index (χ2v) is 4.30. The van der Waals surface area contributed by atoms with Crippen molar-refractivity contribution in [2.24, 2.45) is 0 Å². The maximum Gasteiger partial charge on any atom is 0.344 e. The zero-order chi connectivity index (χ0) is 13.5. The zero-order valence-electron chi connectivity index (χ0n) is 10.2. The molecule has 0 spiro atoms. The monoisotopic (exact) mass is 336 g/mol. The average molecular weight is 338 g/mol. The zero-order valence-corrected chi connectivity index (χ0v) is 12.5. The van der Waals surface area contributed by atoms with E-state index in [1.807, 2.05) is 0 Å². The molecule has 0 unspecified atom stereocenters. The van der Waals surface area contributed by atoms with Crippen molar-refractivity contribution in [3.8, 4) is 11.5 Å². The summed E-state index contributed by atoms with van der Waals surface area (Å²) in [5, 5.41) is 1.05. The molecule has 0 N–H and O–H groups in total. The first-order valence-corrected chi connectivity index (χ1v) is 6.83. The van der Waals surface area contributed by atoms with E-state index in [1.54, 1.807) is 19.1 Å². The third kappa shape index (κ3) is 4.07. The Morgan fingerprint density at radius 2 is 2.17 bits per heavy atom. The van der Waals surface area contributed by atoms with Crippen molar-refractivity contribution in [1.82, 2.24) is 0 Å². The minimum atomic E-state index is -0.444. The molecule has 0 radical (unpaired) electrons. The van der Waals surface area contributed by atoms with Crippen LogP contribution in [0, 0.1) is 0 Å². The van der Waals surface area contributed by atoms with Gasteiger partial charge in [-0.15, -0.1) is 0 Å². The number of carbonyl (C=O) groups excluding carboxylic acids is 1. The van der Waals surface area contributed by atoms with Gasteiger partial charge in [-0.2, -0.15) is 0 Å². The first kappa shape index (κ1) is 15.1. The fraction of sp³-hybridized carbons (Fsp3) is 0.417. The van der Waals surface area contributed by atoms with Crippen molar-refractivity contribution in [1.29, 1.82) is 0 Å². The summed E-state index contributed by atoms with van der Waals surface area (Å²) in [6.07, 6.45) is 0. The fourth-order valence-electron chi connectivity index (χ4n) is 1.32. The van der Waals surface area contributed by atoms with Gasteiger partial charge in [0.1, 0.15) is 0 Å². The van der Waals surface area contributed by atoms with Crippen LogP contribution < -0.4 is 9.47 Å². The van der Waals surface area contributed by atoms with Gasteiger partial charge < -0.3 is 14.2 Å². The van der Waals surface area contributed by atoms with E-state index in [0.717, 1.165) is 5.56 Å². The van der Waals surface area contributed by atoms with Gasteiger partial charge in [0.05, 0.1) is 18.7 Å². The lowest BCUT2D eigenvalue weighted by Gasteiger charge is -2.13. The number of methoxy groups -OCH3 is 1. The van der Waals surface area contributed by atoms with Gasteiger partial charge in [0, 0.05) is 5.33 Å². The normalized spacial score (nSPS) is 10.0. The Balaban J connectivity index is 2.84. The summed E-state index contributed by atoms with van der Waals surface area (Å²) in [5.74, 6) is 0.387. The van der Waals surface area contributed by atoms with Gasteiger partial charge in [0.2, 0.25) is 0 Å². The molecule has 0 fully saturated rings. The molecule has 0 aliphatic rings. The van der Waals surface area contributed by atoms with E-state index in [2.05, 4.69) is 15.9 Å². The molecular formula is C12H14BrClO4. The number of carbonyl (C=O) groups is 1. The van der Waals surface area contributed by atoms with Crippen molar-refractivity contribution in [2.45, 2.75) is 12.3 Å². The SMILES string of the molecule is CCOC(=O)COc1c(Cl)cc(CBr)cc1OC. The summed E-state index contributed by atoms with van der Waals surface area (Å²) in [4.78, 5) is 11.2. The maximum absolute atomic E-state index is 11.2. The summed E-state index contributed by atoms with van der Waals surface area (Å²) < 4.78 is 15.3. The number of benzene rings is 1. The molecule has 0 aliphatic heterocycles. The molecule has 0 amide bonds. The van der Waals surface area contributed by atoms with Gasteiger partial charge in [0.15, 0.2) is 18.1 Å². The lowest BCUT2D eigenvalue weighted by molar-refractivity contribution is -0.145. The van der Waals surface area contributed by atoms with E-state index in [4.69, 9.17) is 25.8 Å². The third-order valence-electron chi connectivity index (χ3n) is 2.08. The molecule has 0 atom stereocenters. The first-order valence-electron chi connectivity index (χ1n) is 5.33. The molecular weight excluding hydrogens is 323 g/mol. The number of hydrogen-bond donors (Lipinski definition) is 0. The van der Waals surface area contributed by atoms with Gasteiger partial charge in [-0.3, -0.25) is 0 Å². The summed E-state index contributed by atoms with van der Waals surface area (Å²) in [6, 6.07) is 3.54. The Morgan fingerprint density at radius 3 is 2.72 bits per heavy atom. The number of halogens is 2. The van der Waals surface area contributed by atoms with E-state index in [0.29, 0.717) is 28.5 Å². The number of alkyl halides is 1. The number of esters is 1. The Labute approximate surface area is 119 Å². The molecule has 18 heavy (non-hydrogen) atoms. The third-order valence-corrected chi connectivity index (χ3v) is 3.01. The predicted octanol–water partition coefficient (Wildman–Crippen LogP) is 3.19. The molecule has 0 aromatic heterocycles. The molecule has 4 nitrogen and oxygen atoms in total. The molecule has 1 aromatic carbocycles. The lowest BCUT2D eigenvalue weighted by atomic mass is 10.2. The molecule has 100 valence electrons. The van der Waals surface area contributed by atoms with Crippen LogP contribution in [0.5, 0.6) is 11.5 Å². The highest BCUT2D eigenvalue weighted by Crippen LogP contribution is 2.36. The fourth-order valence-corrected chi connectivity index (χ4v) is 1.94. The molecule has 0 aliphatic carbocycles. The highest BCUT2D eigenvalue weighted by molar-refractivity contribution is 9.08. The molecule has 6 heteroatoms. The van der Waals surface area contributed by atoms with Crippen LogP contribution in [-0.2, 0) is 14.9 Å². The predicted molar refractivity (Wildman–Crippen MR) is 72.8 cm³/mol. The van der Waals surface area contributed by atoms with Crippen LogP contribution in [0.25, 0.3) is 0 Å². The van der Waals surface area contributed by atoms with Crippen LogP contribution in [0.15, 0.2) is 12.1 Å². The second kappa shape index (κ2) is 7.48. The molecule has 0 bridgehead atoms. The highest BCUT2D eigenvalue weighted by Gasteiger charge is 2.13. The van der Waals surface area contributed by atoms with Gasteiger partial charge in [0.25, 0.3) is 0 Å². The van der Waals surface area contributed by atoms with Crippen LogP contribution in [0.2, 0.25) is 5.02 Å². The molecule has 0 saturated heterocycles. The first-order chi connectivity index (χ1) is 8.62. The lowest BCUT2D eigenvalue weighted by Crippen LogP contribution is -2.15. The van der Waals surface area contributed by atoms with Crippen molar-refractivity contribution >= 4 is 33.5 Å². The molecule has 1 aromatic rings. The van der Waals surface area contributed by atoms with Gasteiger partial charge in [-0.1, -0.05) is 27.5 Å². The van der Waals surface area contributed by atoms with Crippen molar-refractivity contribution < 1.29 is 19.0 Å². The van der Waals surface area contributed by atoms with E-state index < -0.39 is 5.97 Å². The van der Waals surface area contributed by atoms with Crippen molar-refractivity contribution in [3.63, 3.8) is 0 Å². The van der Waals surface area contributed by atoms with Crippen LogP contribution in [-0.4, -0.2) is 26.3 Å². The number of ether oxygens (including phenoxy) is 3. The van der Waals surface area contributed by atoms with Crippen LogP contribution >= 0.6 is 27.5 Å². The van der Waals surface area contributed by atoms with E-state index in [9.17, 15) is 4.79 Å². The quantitative estimate of drug-likeness (QED) is 0.591. The summed E-state index contributed by atoms with van der Waals surface area (Å²) in [5.41, 5.74) is 0.959. The average Bonchev–Trinajstić information content (AvgIpc) is 2.36. The molecule has 0 heterocycles. The smallest absolute Gasteiger partial charge is 0.344 e. The van der Waals surface area contributed by atoms with E-state index >= 15 is 0 Å². The standard InChI is InChI=1S/C12H14BrClO4/c1-3-17-11(15)7-18-12-9(14)4-8(6-13)5-10(12)16-2/h4-5H,3,6-7H2,1-2H3. The van der Waals surface area contributed by atoms with Crippen LogP contribution in [0.3, 0.4) is 0 Å². The van der Waals surface area contributed by atoms with E-state index in [-0.39, 0.29) is 6.61 Å². The Kier molecular flexibility index (Phi) is 6.29. The summed E-state index contributed by atoms with van der Waals surface area (Å²) in [6.45, 7) is 1.85. The number of hydrogen-bond acceptors (Lipinski definition) is 4. The van der Waals surface area contributed by atoms with Crippen molar-refractivity contribution in [3.05, 3.63) is 22.7 Å². The van der Waals surface area contributed by atoms with Gasteiger partial charge >= 0.3 is 5.97 Å². The summed E-state index contributed by atoms with van der Waals surface area (Å²) >= 11 is 9.41. The van der Waals surface area contributed by atoms with E-state index in [1.165, 1.54) is 7.11 Å². The topological polar surface area (TPSA) is 44.8 Å². The number of rotatable bonds is 6. The second-order valence-electron chi connectivity index (χ2n) is 3.34. The minimum absolute atomic E-state index is 0.197. The highest BCUT2D eigenvalue weighted by atomic mass is 79.9. The largest absolute Gasteiger partial charge is 0.493 e. The molecule has 1 rings (SSSR count). The Bertz CT molecular complexity index is 423. The minimum Gasteiger partial charge on any atom is -0.493 e. The van der Waals surface area contributed by atoms with Gasteiger partial charge in [-0.25, -0.2) is 4.79 Å². The Hall–Kier alpha value is -0.940. The van der Waals surface area contributed by atoms with Gasteiger partial charge in [-0.05, 0) is 24.6 Å². The summed E-state index contributed by atoms with van der Waals surface area (Å²) in [7, 11) is 1.51. The molecule has 0 saturated carbocycles. The maximum atomic E-state index is 11.2. The van der Waals surface area contributed by atoms with Crippen LogP contribution in [0.4, 0.5) is 0 Å². The Morgan fingerprint density at radius 1 is 1.44 bits per heavy atom.